The number of carbonyl (C=O) groups excluding carboxylic acids is 1. The molecule has 0 aliphatic carbocycles. The van der Waals surface area contributed by atoms with Gasteiger partial charge in [-0.2, -0.15) is 0 Å². The highest BCUT2D eigenvalue weighted by atomic mass is 19.4. The van der Waals surface area contributed by atoms with Crippen molar-refractivity contribution in [1.82, 2.24) is 16.0 Å². The Morgan fingerprint density at radius 1 is 0.964 bits per heavy atom. The van der Waals surface area contributed by atoms with Crippen molar-refractivity contribution in [3.05, 3.63) is 65.7 Å². The first-order valence-electron chi connectivity index (χ1n) is 8.50. The third-order valence-electron chi connectivity index (χ3n) is 3.61. The number of ether oxygens (including phenoxy) is 1. The molecule has 0 bridgehead atoms. The molecule has 0 aliphatic heterocycles. The summed E-state index contributed by atoms with van der Waals surface area (Å²) in [4.78, 5) is 15.9. The van der Waals surface area contributed by atoms with Gasteiger partial charge in [0.05, 0.1) is 0 Å². The molecule has 2 aromatic carbocycles. The van der Waals surface area contributed by atoms with Crippen molar-refractivity contribution in [2.45, 2.75) is 12.9 Å². The van der Waals surface area contributed by atoms with Crippen molar-refractivity contribution in [3.63, 3.8) is 0 Å². The lowest BCUT2D eigenvalue weighted by molar-refractivity contribution is -0.274. The Hall–Kier alpha value is -3.23. The topological polar surface area (TPSA) is 74.8 Å². The first-order valence-corrected chi connectivity index (χ1v) is 8.50. The molecule has 0 aromatic heterocycles. The van der Waals surface area contributed by atoms with Gasteiger partial charge in [-0.3, -0.25) is 9.79 Å². The molecule has 0 aliphatic rings. The summed E-state index contributed by atoms with van der Waals surface area (Å²) in [7, 11) is 1.54. The van der Waals surface area contributed by atoms with Crippen LogP contribution in [0, 0.1) is 0 Å². The molecule has 0 fully saturated rings. The Balaban J connectivity index is 1.78. The number of rotatable bonds is 7. The van der Waals surface area contributed by atoms with Crippen LogP contribution >= 0.6 is 0 Å². The number of benzene rings is 2. The van der Waals surface area contributed by atoms with Crippen molar-refractivity contribution < 1.29 is 22.7 Å². The van der Waals surface area contributed by atoms with Crippen LogP contribution in [-0.2, 0) is 6.54 Å². The van der Waals surface area contributed by atoms with Gasteiger partial charge in [-0.25, -0.2) is 0 Å². The molecule has 0 unspecified atom stereocenters. The van der Waals surface area contributed by atoms with Crippen molar-refractivity contribution >= 4 is 11.9 Å². The summed E-state index contributed by atoms with van der Waals surface area (Å²) >= 11 is 0. The average molecular weight is 394 g/mol. The Kier molecular flexibility index (Phi) is 7.67. The van der Waals surface area contributed by atoms with Crippen LogP contribution in [0.5, 0.6) is 5.75 Å². The Morgan fingerprint density at radius 3 is 2.29 bits per heavy atom. The summed E-state index contributed by atoms with van der Waals surface area (Å²) < 4.78 is 41.4. The van der Waals surface area contributed by atoms with E-state index in [1.54, 1.807) is 30.3 Å². The van der Waals surface area contributed by atoms with E-state index in [-0.39, 0.29) is 18.2 Å². The van der Waals surface area contributed by atoms with Crippen LogP contribution in [0.3, 0.4) is 0 Å². The second-order valence-electron chi connectivity index (χ2n) is 5.63. The van der Waals surface area contributed by atoms with E-state index >= 15 is 0 Å². The lowest BCUT2D eigenvalue weighted by atomic mass is 10.2. The standard InChI is InChI=1S/C19H21F3N4O2/c1-23-18(25-12-11-24-17(27)14-7-3-2-4-8-14)26-13-15-9-5-6-10-16(15)28-19(20,21)22/h2-10H,11-13H2,1H3,(H,24,27)(H2,23,25,26). The van der Waals surface area contributed by atoms with Crippen molar-refractivity contribution in [3.8, 4) is 5.75 Å². The number of hydrogen-bond donors (Lipinski definition) is 3. The second-order valence-corrected chi connectivity index (χ2v) is 5.63. The lowest BCUT2D eigenvalue weighted by Gasteiger charge is -2.15. The first-order chi connectivity index (χ1) is 13.4. The molecule has 0 saturated carbocycles. The Bertz CT molecular complexity index is 795. The monoisotopic (exact) mass is 394 g/mol. The third kappa shape index (κ3) is 7.18. The number of guanidine groups is 1. The molecule has 9 heteroatoms. The summed E-state index contributed by atoms with van der Waals surface area (Å²) in [6.07, 6.45) is -4.76. The van der Waals surface area contributed by atoms with Gasteiger partial charge in [0.25, 0.3) is 5.91 Å². The number of amides is 1. The number of nitrogens with zero attached hydrogens (tertiary/aromatic N) is 1. The Labute approximate surface area is 160 Å². The molecule has 2 aromatic rings. The van der Waals surface area contributed by atoms with Gasteiger partial charge in [0.15, 0.2) is 5.96 Å². The predicted octanol–water partition coefficient (Wildman–Crippen LogP) is 2.68. The lowest BCUT2D eigenvalue weighted by Crippen LogP contribution is -2.41. The van der Waals surface area contributed by atoms with Crippen LogP contribution in [0.15, 0.2) is 59.6 Å². The number of aliphatic imine (C=N–C) groups is 1. The fourth-order valence-electron chi connectivity index (χ4n) is 2.32. The fraction of sp³-hybridized carbons (Fsp3) is 0.263. The quantitative estimate of drug-likeness (QED) is 0.384. The van der Waals surface area contributed by atoms with Crippen molar-refractivity contribution in [1.29, 1.82) is 0 Å². The number of hydrogen-bond acceptors (Lipinski definition) is 3. The van der Waals surface area contributed by atoms with E-state index in [0.717, 1.165) is 0 Å². The number of alkyl halides is 3. The molecule has 3 N–H and O–H groups in total. The van der Waals surface area contributed by atoms with E-state index in [0.29, 0.717) is 30.2 Å². The van der Waals surface area contributed by atoms with Crippen LogP contribution in [0.4, 0.5) is 13.2 Å². The summed E-state index contributed by atoms with van der Waals surface area (Å²) in [5.74, 6) is -0.0765. The third-order valence-corrected chi connectivity index (χ3v) is 3.61. The summed E-state index contributed by atoms with van der Waals surface area (Å²) in [5, 5.41) is 8.64. The van der Waals surface area contributed by atoms with E-state index in [1.165, 1.54) is 25.2 Å². The highest BCUT2D eigenvalue weighted by molar-refractivity contribution is 5.94. The average Bonchev–Trinajstić information content (AvgIpc) is 2.68. The molecule has 0 radical (unpaired) electrons. The molecule has 2 rings (SSSR count). The molecule has 0 spiro atoms. The highest BCUT2D eigenvalue weighted by Crippen LogP contribution is 2.25. The zero-order chi connectivity index (χ0) is 20.4. The second kappa shape index (κ2) is 10.2. The molecule has 0 atom stereocenters. The van der Waals surface area contributed by atoms with Gasteiger partial charge in [-0.15, -0.1) is 13.2 Å². The van der Waals surface area contributed by atoms with Crippen LogP contribution in [0.25, 0.3) is 0 Å². The van der Waals surface area contributed by atoms with Crippen LogP contribution in [0.1, 0.15) is 15.9 Å². The predicted molar refractivity (Wildman–Crippen MR) is 100 cm³/mol. The fourth-order valence-corrected chi connectivity index (χ4v) is 2.32. The van der Waals surface area contributed by atoms with Gasteiger partial charge in [0.1, 0.15) is 5.75 Å². The Morgan fingerprint density at radius 2 is 1.61 bits per heavy atom. The van der Waals surface area contributed by atoms with E-state index in [1.807, 2.05) is 6.07 Å². The zero-order valence-corrected chi connectivity index (χ0v) is 15.2. The van der Waals surface area contributed by atoms with Crippen LogP contribution in [-0.4, -0.2) is 38.4 Å². The maximum atomic E-state index is 12.5. The number of nitrogens with one attached hydrogen (secondary N) is 3. The molecule has 0 saturated heterocycles. The van der Waals surface area contributed by atoms with Crippen molar-refractivity contribution in [2.24, 2.45) is 4.99 Å². The van der Waals surface area contributed by atoms with Gasteiger partial charge >= 0.3 is 6.36 Å². The number of para-hydroxylation sites is 1. The maximum Gasteiger partial charge on any atom is 0.573 e. The summed E-state index contributed by atoms with van der Waals surface area (Å²) in [6.45, 7) is 0.823. The van der Waals surface area contributed by atoms with Gasteiger partial charge in [-0.05, 0) is 18.2 Å². The molecular formula is C19H21F3N4O2. The minimum absolute atomic E-state index is 0.0856. The SMILES string of the molecule is CN=C(NCCNC(=O)c1ccccc1)NCc1ccccc1OC(F)(F)F. The maximum absolute atomic E-state index is 12.5. The highest BCUT2D eigenvalue weighted by Gasteiger charge is 2.31. The smallest absolute Gasteiger partial charge is 0.405 e. The minimum Gasteiger partial charge on any atom is -0.405 e. The zero-order valence-electron chi connectivity index (χ0n) is 15.2. The minimum atomic E-state index is -4.76. The molecule has 150 valence electrons. The van der Waals surface area contributed by atoms with Gasteiger partial charge in [0, 0.05) is 37.8 Å². The number of carbonyl (C=O) groups is 1. The molecule has 1 amide bonds. The molecule has 0 heterocycles. The first kappa shape index (κ1) is 21.1. The van der Waals surface area contributed by atoms with E-state index in [9.17, 15) is 18.0 Å². The van der Waals surface area contributed by atoms with Gasteiger partial charge in [0.2, 0.25) is 0 Å². The summed E-state index contributed by atoms with van der Waals surface area (Å²) in [5.41, 5.74) is 0.895. The number of halogens is 3. The van der Waals surface area contributed by atoms with Crippen LogP contribution < -0.4 is 20.7 Å². The van der Waals surface area contributed by atoms with Gasteiger partial charge < -0.3 is 20.7 Å². The molecular weight excluding hydrogens is 373 g/mol. The van der Waals surface area contributed by atoms with Gasteiger partial charge in [-0.1, -0.05) is 36.4 Å². The molecule has 28 heavy (non-hydrogen) atoms. The largest absolute Gasteiger partial charge is 0.573 e. The normalized spacial score (nSPS) is 11.6. The van der Waals surface area contributed by atoms with E-state index in [2.05, 4.69) is 25.7 Å². The van der Waals surface area contributed by atoms with Crippen molar-refractivity contribution in [2.75, 3.05) is 20.1 Å². The summed E-state index contributed by atoms with van der Waals surface area (Å²) in [6, 6.07) is 14.7. The van der Waals surface area contributed by atoms with E-state index in [4.69, 9.17) is 0 Å². The van der Waals surface area contributed by atoms with Crippen LogP contribution in [0.2, 0.25) is 0 Å². The van der Waals surface area contributed by atoms with E-state index < -0.39 is 6.36 Å². The molecule has 6 nitrogen and oxygen atoms in total.